The zero-order chi connectivity index (χ0) is 17.5. The molecule has 0 radical (unpaired) electrons. The molecule has 0 unspecified atom stereocenters. The summed E-state index contributed by atoms with van der Waals surface area (Å²) < 4.78 is 0. The molecule has 0 spiro atoms. The molecule has 1 saturated carbocycles. The highest BCUT2D eigenvalue weighted by molar-refractivity contribution is 5.81. The van der Waals surface area contributed by atoms with E-state index in [1.54, 1.807) is 0 Å². The van der Waals surface area contributed by atoms with Gasteiger partial charge in [-0.3, -0.25) is 0 Å². The first-order valence-electron chi connectivity index (χ1n) is 9.53. The molecule has 2 atom stereocenters. The summed E-state index contributed by atoms with van der Waals surface area (Å²) in [5.41, 5.74) is 3.77. The van der Waals surface area contributed by atoms with Crippen molar-refractivity contribution in [1.29, 1.82) is 0 Å². The van der Waals surface area contributed by atoms with Gasteiger partial charge in [0, 0.05) is 49.4 Å². The molecule has 2 aromatic carbocycles. The molecule has 1 aliphatic carbocycles. The Hall–Kier alpha value is -2.46. The fourth-order valence-corrected chi connectivity index (χ4v) is 4.01. The summed E-state index contributed by atoms with van der Waals surface area (Å²) >= 11 is 0. The molecule has 3 aromatic rings. The monoisotopic (exact) mass is 344 g/mol. The summed E-state index contributed by atoms with van der Waals surface area (Å²) in [4.78, 5) is 14.4. The van der Waals surface area contributed by atoms with Crippen LogP contribution in [0.4, 0.5) is 5.69 Å². The Balaban J connectivity index is 1.40. The Bertz CT molecular complexity index is 916. The van der Waals surface area contributed by atoms with Crippen LogP contribution in [0.1, 0.15) is 29.6 Å². The van der Waals surface area contributed by atoms with Gasteiger partial charge in [0.2, 0.25) is 0 Å². The van der Waals surface area contributed by atoms with Crippen molar-refractivity contribution in [3.05, 3.63) is 66.1 Å². The van der Waals surface area contributed by atoms with Crippen molar-refractivity contribution in [2.75, 3.05) is 38.1 Å². The third-order valence-electron chi connectivity index (χ3n) is 5.80. The lowest BCUT2D eigenvalue weighted by Crippen LogP contribution is -2.44. The molecule has 5 rings (SSSR count). The minimum atomic E-state index is 0.467. The molecule has 26 heavy (non-hydrogen) atoms. The third kappa shape index (κ3) is 2.95. The zero-order valence-corrected chi connectivity index (χ0v) is 15.2. The van der Waals surface area contributed by atoms with Crippen molar-refractivity contribution in [1.82, 2.24) is 14.9 Å². The van der Waals surface area contributed by atoms with Gasteiger partial charge in [0.1, 0.15) is 5.82 Å². The van der Waals surface area contributed by atoms with Crippen molar-refractivity contribution >= 4 is 16.6 Å². The standard InChI is InChI=1S/C22H24N4/c1-25-9-11-26(12-10-25)18-8-7-17-15-23-22(24-21(17)13-18)20-14-19(20)16-5-3-2-4-6-16/h2-8,13,15,19-20H,9-12,14H2,1H3/t19-,20+/m1/s1. The van der Waals surface area contributed by atoms with E-state index in [-0.39, 0.29) is 0 Å². The lowest BCUT2D eigenvalue weighted by molar-refractivity contribution is 0.313. The fourth-order valence-electron chi connectivity index (χ4n) is 4.01. The van der Waals surface area contributed by atoms with E-state index < -0.39 is 0 Å². The number of rotatable bonds is 3. The van der Waals surface area contributed by atoms with Crippen molar-refractivity contribution in [3.8, 4) is 0 Å². The van der Waals surface area contributed by atoms with E-state index in [1.165, 1.54) is 11.3 Å². The maximum atomic E-state index is 4.94. The molecular formula is C22H24N4. The molecule has 0 amide bonds. The highest BCUT2D eigenvalue weighted by atomic mass is 15.2. The quantitative estimate of drug-likeness (QED) is 0.726. The number of nitrogens with zero attached hydrogens (tertiary/aromatic N) is 4. The SMILES string of the molecule is CN1CCN(c2ccc3cnc([C@H]4C[C@@H]4c4ccccc4)nc3c2)CC1. The Morgan fingerprint density at radius 2 is 1.73 bits per heavy atom. The molecule has 1 saturated heterocycles. The normalized spacial score (nSPS) is 23.3. The molecule has 1 aliphatic heterocycles. The summed E-state index contributed by atoms with van der Waals surface area (Å²) in [6, 6.07) is 17.4. The number of fused-ring (bicyclic) bond motifs is 1. The average molecular weight is 344 g/mol. The summed E-state index contributed by atoms with van der Waals surface area (Å²) in [6.07, 6.45) is 3.15. The van der Waals surface area contributed by atoms with Crippen LogP contribution in [0.2, 0.25) is 0 Å². The Kier molecular flexibility index (Phi) is 3.86. The molecular weight excluding hydrogens is 320 g/mol. The van der Waals surface area contributed by atoms with E-state index in [2.05, 4.69) is 70.4 Å². The van der Waals surface area contributed by atoms with Crippen LogP contribution in [0.15, 0.2) is 54.7 Å². The van der Waals surface area contributed by atoms with Gasteiger partial charge in [-0.25, -0.2) is 9.97 Å². The lowest BCUT2D eigenvalue weighted by Gasteiger charge is -2.34. The Morgan fingerprint density at radius 1 is 0.923 bits per heavy atom. The number of hydrogen-bond donors (Lipinski definition) is 0. The van der Waals surface area contributed by atoms with E-state index >= 15 is 0 Å². The van der Waals surface area contributed by atoms with Crippen molar-refractivity contribution in [3.63, 3.8) is 0 Å². The van der Waals surface area contributed by atoms with Crippen LogP contribution in [0, 0.1) is 0 Å². The first-order valence-corrected chi connectivity index (χ1v) is 9.53. The predicted octanol–water partition coefficient (Wildman–Crippen LogP) is 3.65. The van der Waals surface area contributed by atoms with Crippen LogP contribution in [-0.4, -0.2) is 48.1 Å². The van der Waals surface area contributed by atoms with Gasteiger partial charge in [0.25, 0.3) is 0 Å². The number of aromatic nitrogens is 2. The lowest BCUT2D eigenvalue weighted by atomic mass is 10.1. The third-order valence-corrected chi connectivity index (χ3v) is 5.80. The molecule has 2 aliphatic rings. The van der Waals surface area contributed by atoms with E-state index in [9.17, 15) is 0 Å². The van der Waals surface area contributed by atoms with Gasteiger partial charge < -0.3 is 9.80 Å². The summed E-state index contributed by atoms with van der Waals surface area (Å²) in [5, 5.41) is 1.13. The first-order chi connectivity index (χ1) is 12.8. The zero-order valence-electron chi connectivity index (χ0n) is 15.2. The van der Waals surface area contributed by atoms with E-state index in [4.69, 9.17) is 4.98 Å². The molecule has 2 fully saturated rings. The molecule has 4 nitrogen and oxygen atoms in total. The summed E-state index contributed by atoms with van der Waals surface area (Å²) in [5.74, 6) is 2.05. The number of hydrogen-bond acceptors (Lipinski definition) is 4. The Labute approximate surface area is 154 Å². The highest BCUT2D eigenvalue weighted by Crippen LogP contribution is 2.53. The second-order valence-electron chi connectivity index (χ2n) is 7.62. The number of piperazine rings is 1. The first kappa shape index (κ1) is 15.8. The highest BCUT2D eigenvalue weighted by Gasteiger charge is 2.41. The van der Waals surface area contributed by atoms with Crippen LogP contribution in [0.3, 0.4) is 0 Å². The largest absolute Gasteiger partial charge is 0.369 e. The molecule has 2 heterocycles. The van der Waals surface area contributed by atoms with Crippen LogP contribution in [0.25, 0.3) is 10.9 Å². The summed E-state index contributed by atoms with van der Waals surface area (Å²) in [7, 11) is 2.19. The minimum Gasteiger partial charge on any atom is -0.369 e. The molecule has 1 aromatic heterocycles. The van der Waals surface area contributed by atoms with Gasteiger partial charge in [-0.05, 0) is 43.1 Å². The molecule has 132 valence electrons. The molecule has 0 N–H and O–H groups in total. The van der Waals surface area contributed by atoms with Gasteiger partial charge in [-0.2, -0.15) is 0 Å². The van der Waals surface area contributed by atoms with Gasteiger partial charge in [-0.1, -0.05) is 30.3 Å². The second kappa shape index (κ2) is 6.36. The number of anilines is 1. The van der Waals surface area contributed by atoms with E-state index in [0.717, 1.165) is 49.3 Å². The van der Waals surface area contributed by atoms with Gasteiger partial charge >= 0.3 is 0 Å². The fraction of sp³-hybridized carbons (Fsp3) is 0.364. The minimum absolute atomic E-state index is 0.467. The second-order valence-corrected chi connectivity index (χ2v) is 7.62. The van der Waals surface area contributed by atoms with Crippen LogP contribution < -0.4 is 4.90 Å². The number of benzene rings is 2. The van der Waals surface area contributed by atoms with Crippen molar-refractivity contribution in [2.45, 2.75) is 18.3 Å². The summed E-state index contributed by atoms with van der Waals surface area (Å²) in [6.45, 7) is 4.40. The van der Waals surface area contributed by atoms with Crippen LogP contribution in [0.5, 0.6) is 0 Å². The van der Waals surface area contributed by atoms with Gasteiger partial charge in [-0.15, -0.1) is 0 Å². The number of likely N-dealkylation sites (N-methyl/N-ethyl adjacent to an activating group) is 1. The maximum Gasteiger partial charge on any atom is 0.132 e. The van der Waals surface area contributed by atoms with Crippen molar-refractivity contribution < 1.29 is 0 Å². The smallest absolute Gasteiger partial charge is 0.132 e. The predicted molar refractivity (Wildman–Crippen MR) is 106 cm³/mol. The van der Waals surface area contributed by atoms with Crippen molar-refractivity contribution in [2.24, 2.45) is 0 Å². The van der Waals surface area contributed by atoms with E-state index in [0.29, 0.717) is 11.8 Å². The molecule has 4 heteroatoms. The van der Waals surface area contributed by atoms with Crippen LogP contribution in [-0.2, 0) is 0 Å². The maximum absolute atomic E-state index is 4.94. The van der Waals surface area contributed by atoms with Gasteiger partial charge in [0.15, 0.2) is 0 Å². The Morgan fingerprint density at radius 3 is 2.54 bits per heavy atom. The van der Waals surface area contributed by atoms with E-state index in [1.807, 2.05) is 6.20 Å². The molecule has 0 bridgehead atoms. The van der Waals surface area contributed by atoms with Gasteiger partial charge in [0.05, 0.1) is 5.52 Å². The van der Waals surface area contributed by atoms with Crippen LogP contribution >= 0.6 is 0 Å². The topological polar surface area (TPSA) is 32.3 Å². The average Bonchev–Trinajstić information content (AvgIpc) is 3.49.